The number of benzene rings is 3. The molecule has 1 aliphatic rings. The van der Waals surface area contributed by atoms with Gasteiger partial charge in [-0.1, -0.05) is 29.8 Å². The van der Waals surface area contributed by atoms with Crippen LogP contribution in [0.2, 0.25) is 0 Å². The maximum atomic E-state index is 15.5. The molecule has 0 aliphatic carbocycles. The molecule has 3 N–H and O–H groups in total. The van der Waals surface area contributed by atoms with E-state index in [0.29, 0.717) is 11.6 Å². The summed E-state index contributed by atoms with van der Waals surface area (Å²) in [5, 5.41) is 17.8. The minimum absolute atomic E-state index is 0.127. The lowest BCUT2D eigenvalue weighted by Gasteiger charge is -2.41. The first-order valence-corrected chi connectivity index (χ1v) is 14.0. The normalized spacial score (nSPS) is 17.0. The van der Waals surface area contributed by atoms with E-state index in [-0.39, 0.29) is 28.4 Å². The number of hydrogen-bond acceptors (Lipinski definition) is 6. The second kappa shape index (κ2) is 12.8. The van der Waals surface area contributed by atoms with Crippen molar-refractivity contribution in [1.29, 1.82) is 0 Å². The predicted octanol–water partition coefficient (Wildman–Crippen LogP) is 6.41. The number of nitrogens with one attached hydrogen (secondary N) is 3. The summed E-state index contributed by atoms with van der Waals surface area (Å²) in [6, 6.07) is 14.5. The lowest BCUT2D eigenvalue weighted by molar-refractivity contribution is -0.202. The van der Waals surface area contributed by atoms with Gasteiger partial charge in [-0.15, -0.1) is 10.2 Å². The quantitative estimate of drug-likeness (QED) is 0.108. The highest BCUT2D eigenvalue weighted by molar-refractivity contribution is 6.28. The first kappa shape index (κ1) is 33.1. The van der Waals surface area contributed by atoms with E-state index in [1.165, 1.54) is 24.3 Å². The molecule has 0 fully saturated rings. The van der Waals surface area contributed by atoms with Gasteiger partial charge in [0.1, 0.15) is 17.1 Å². The van der Waals surface area contributed by atoms with Gasteiger partial charge in [0.2, 0.25) is 5.82 Å². The summed E-state index contributed by atoms with van der Waals surface area (Å²) in [6.45, 7) is 1.28. The van der Waals surface area contributed by atoms with E-state index >= 15 is 17.6 Å². The van der Waals surface area contributed by atoms with Crippen LogP contribution in [-0.2, 0) is 15.1 Å². The highest BCUT2D eigenvalue weighted by Crippen LogP contribution is 2.49. The largest absolute Gasteiger partial charge is 0.493 e. The van der Waals surface area contributed by atoms with Crippen molar-refractivity contribution in [2.45, 2.75) is 44.1 Å². The number of ether oxygens (including phenoxy) is 1. The SMILES string of the molecule is Cc1ccc(C2=C(C(=O)Nc3ccc(-c4nn[nH]n4)cc3)C(=O)N[C@@](c3ccc(OCCCC(F)(F)F)cc3F)(C(F)(F)F)C2)cc1. The fourth-order valence-corrected chi connectivity index (χ4v) is 5.09. The number of aromatic nitrogens is 4. The van der Waals surface area contributed by atoms with Crippen molar-refractivity contribution < 1.29 is 45.1 Å². The number of aryl methyl sites for hydroxylation is 1. The molecule has 3 aromatic carbocycles. The van der Waals surface area contributed by atoms with Crippen LogP contribution in [0.25, 0.3) is 17.0 Å². The van der Waals surface area contributed by atoms with Crippen molar-refractivity contribution in [2.75, 3.05) is 11.9 Å². The molecule has 0 saturated heterocycles. The fourth-order valence-electron chi connectivity index (χ4n) is 5.09. The van der Waals surface area contributed by atoms with Crippen LogP contribution >= 0.6 is 0 Å². The molecule has 2 heterocycles. The monoisotopic (exact) mass is 662 g/mol. The number of tetrazole rings is 1. The third-order valence-electron chi connectivity index (χ3n) is 7.43. The molecule has 5 rings (SSSR count). The fraction of sp³-hybridized carbons (Fsp3) is 0.258. The number of halogens is 7. The number of alkyl halides is 6. The Hall–Kier alpha value is -5.28. The van der Waals surface area contributed by atoms with Gasteiger partial charge in [0, 0.05) is 35.7 Å². The molecule has 1 aromatic heterocycles. The van der Waals surface area contributed by atoms with E-state index in [1.54, 1.807) is 31.2 Å². The maximum Gasteiger partial charge on any atom is 0.416 e. The Labute approximate surface area is 262 Å². The predicted molar refractivity (Wildman–Crippen MR) is 154 cm³/mol. The number of anilines is 1. The smallest absolute Gasteiger partial charge is 0.416 e. The van der Waals surface area contributed by atoms with Gasteiger partial charge in [-0.3, -0.25) is 9.59 Å². The van der Waals surface area contributed by atoms with Gasteiger partial charge in [0.15, 0.2) is 5.54 Å². The van der Waals surface area contributed by atoms with Crippen LogP contribution in [0.1, 0.15) is 36.0 Å². The molecule has 9 nitrogen and oxygen atoms in total. The first-order valence-electron chi connectivity index (χ1n) is 14.0. The van der Waals surface area contributed by atoms with Crippen molar-refractivity contribution in [3.8, 4) is 17.1 Å². The third kappa shape index (κ3) is 7.26. The van der Waals surface area contributed by atoms with Crippen LogP contribution in [-0.4, -0.2) is 51.4 Å². The Kier molecular flexibility index (Phi) is 9.04. The lowest BCUT2D eigenvalue weighted by atomic mass is 9.76. The zero-order chi connectivity index (χ0) is 34.0. The standard InChI is InChI=1S/C31H25F7N6O3/c1-17-3-5-18(6-4-17)22-16-29(31(36,37)38,23-12-11-21(15-24(23)32)47-14-2-13-30(33,34)35)40-28(46)25(22)27(45)39-20-9-7-19(8-10-20)26-41-43-44-42-26/h3-12,15H,2,13-14,16H2,1H3,(H,39,45)(H,40,46)(H,41,42,43,44)/t29-/m0/s1. The van der Waals surface area contributed by atoms with Crippen LogP contribution in [0.5, 0.6) is 5.75 Å². The Morgan fingerprint density at radius 1 is 0.979 bits per heavy atom. The summed E-state index contributed by atoms with van der Waals surface area (Å²) >= 11 is 0. The Balaban J connectivity index is 1.50. The number of carbonyl (C=O) groups is 2. The molecule has 0 spiro atoms. The number of H-pyrrole nitrogens is 1. The average Bonchev–Trinajstić information content (AvgIpc) is 3.54. The molecule has 47 heavy (non-hydrogen) atoms. The van der Waals surface area contributed by atoms with Crippen LogP contribution < -0.4 is 15.4 Å². The summed E-state index contributed by atoms with van der Waals surface area (Å²) in [5.41, 5.74) is -3.57. The molecule has 246 valence electrons. The van der Waals surface area contributed by atoms with Gasteiger partial charge < -0.3 is 15.4 Å². The Morgan fingerprint density at radius 3 is 2.26 bits per heavy atom. The van der Waals surface area contributed by atoms with Crippen molar-refractivity contribution >= 4 is 23.1 Å². The molecule has 0 unspecified atom stereocenters. The van der Waals surface area contributed by atoms with Gasteiger partial charge >= 0.3 is 12.4 Å². The Morgan fingerprint density at radius 2 is 1.66 bits per heavy atom. The van der Waals surface area contributed by atoms with E-state index in [2.05, 4.69) is 25.9 Å². The van der Waals surface area contributed by atoms with Crippen molar-refractivity contribution in [3.63, 3.8) is 0 Å². The number of amides is 2. The van der Waals surface area contributed by atoms with Crippen LogP contribution in [0.15, 0.2) is 72.3 Å². The van der Waals surface area contributed by atoms with Crippen molar-refractivity contribution in [3.05, 3.63) is 94.8 Å². The van der Waals surface area contributed by atoms with E-state index in [9.17, 15) is 22.8 Å². The molecule has 16 heteroatoms. The van der Waals surface area contributed by atoms with E-state index < -0.39 is 72.5 Å². The molecule has 1 aliphatic heterocycles. The maximum absolute atomic E-state index is 15.5. The average molecular weight is 663 g/mol. The summed E-state index contributed by atoms with van der Waals surface area (Å²) in [4.78, 5) is 27.1. The van der Waals surface area contributed by atoms with Crippen molar-refractivity contribution in [1.82, 2.24) is 25.9 Å². The topological polar surface area (TPSA) is 122 Å². The highest BCUT2D eigenvalue weighted by Gasteiger charge is 2.61. The van der Waals surface area contributed by atoms with E-state index in [1.807, 2.05) is 5.32 Å². The van der Waals surface area contributed by atoms with Gasteiger partial charge in [-0.25, -0.2) is 4.39 Å². The Bertz CT molecular complexity index is 1790. The minimum atomic E-state index is -5.28. The number of hydrogen-bond donors (Lipinski definition) is 3. The molecule has 4 aromatic rings. The number of nitrogens with zero attached hydrogens (tertiary/aromatic N) is 3. The van der Waals surface area contributed by atoms with E-state index in [4.69, 9.17) is 4.74 Å². The third-order valence-corrected chi connectivity index (χ3v) is 7.43. The second-order valence-corrected chi connectivity index (χ2v) is 10.7. The van der Waals surface area contributed by atoms with Crippen molar-refractivity contribution in [2.24, 2.45) is 0 Å². The molecule has 0 radical (unpaired) electrons. The molecule has 0 bridgehead atoms. The van der Waals surface area contributed by atoms with Crippen LogP contribution in [0.4, 0.5) is 36.4 Å². The van der Waals surface area contributed by atoms with Gasteiger partial charge in [0.05, 0.1) is 6.61 Å². The van der Waals surface area contributed by atoms with Gasteiger partial charge in [0.25, 0.3) is 11.8 Å². The van der Waals surface area contributed by atoms with Crippen LogP contribution in [0, 0.1) is 12.7 Å². The summed E-state index contributed by atoms with van der Waals surface area (Å²) in [6.07, 6.45) is -12.4. The number of rotatable bonds is 9. The molecular formula is C31H25F7N6O3. The van der Waals surface area contributed by atoms with Gasteiger partial charge in [-0.05, 0) is 66.1 Å². The minimum Gasteiger partial charge on any atom is -0.493 e. The number of aromatic amines is 1. The van der Waals surface area contributed by atoms with E-state index in [0.717, 1.165) is 17.7 Å². The van der Waals surface area contributed by atoms with Gasteiger partial charge in [-0.2, -0.15) is 31.6 Å². The second-order valence-electron chi connectivity index (χ2n) is 10.7. The summed E-state index contributed by atoms with van der Waals surface area (Å²) in [7, 11) is 0. The molecular weight excluding hydrogens is 637 g/mol. The number of carbonyl (C=O) groups excluding carboxylic acids is 2. The lowest BCUT2D eigenvalue weighted by Crippen LogP contribution is -2.59. The first-order chi connectivity index (χ1) is 22.2. The summed E-state index contributed by atoms with van der Waals surface area (Å²) < 4.78 is 103. The van der Waals surface area contributed by atoms with Crippen LogP contribution in [0.3, 0.4) is 0 Å². The highest BCUT2D eigenvalue weighted by atomic mass is 19.4. The zero-order valence-electron chi connectivity index (χ0n) is 24.4. The molecule has 0 saturated carbocycles. The molecule has 2 amide bonds. The zero-order valence-corrected chi connectivity index (χ0v) is 24.4. The summed E-state index contributed by atoms with van der Waals surface area (Å²) in [5.74, 6) is -3.86. The molecule has 1 atom stereocenters.